The highest BCUT2D eigenvalue weighted by molar-refractivity contribution is 5.75. The van der Waals surface area contributed by atoms with Crippen LogP contribution in [0, 0.1) is 5.41 Å². The number of alkyl halides is 3. The average molecular weight is 254 g/mol. The standard InChI is InChI=1S/C12H21F3O2/c1-4-11(2,3)10(16)17-9-7-5-6-8-12(13,14)15/h4-9H2,1-3H3. The Kier molecular flexibility index (Phi) is 6.57. The molecule has 0 saturated carbocycles. The Hall–Kier alpha value is -0.740. The Labute approximate surface area is 101 Å². The molecule has 0 heterocycles. The number of ether oxygens (including phenoxy) is 1. The molecular formula is C12H21F3O2. The third-order valence-corrected chi connectivity index (χ3v) is 2.77. The van der Waals surface area contributed by atoms with E-state index in [0.717, 1.165) is 0 Å². The van der Waals surface area contributed by atoms with Crippen molar-refractivity contribution in [1.29, 1.82) is 0 Å². The highest BCUT2D eigenvalue weighted by Crippen LogP contribution is 2.23. The van der Waals surface area contributed by atoms with Gasteiger partial charge in [0.2, 0.25) is 0 Å². The maximum atomic E-state index is 11.8. The van der Waals surface area contributed by atoms with Gasteiger partial charge in [-0.1, -0.05) is 6.92 Å². The topological polar surface area (TPSA) is 26.3 Å². The molecule has 5 heteroatoms. The molecule has 0 amide bonds. The van der Waals surface area contributed by atoms with Crippen LogP contribution >= 0.6 is 0 Å². The summed E-state index contributed by atoms with van der Waals surface area (Å²) < 4.78 is 40.4. The monoisotopic (exact) mass is 254 g/mol. The van der Waals surface area contributed by atoms with Gasteiger partial charge in [-0.15, -0.1) is 0 Å². The van der Waals surface area contributed by atoms with E-state index in [1.807, 2.05) is 6.92 Å². The average Bonchev–Trinajstić information content (AvgIpc) is 2.21. The Bertz CT molecular complexity index is 234. The van der Waals surface area contributed by atoms with E-state index >= 15 is 0 Å². The highest BCUT2D eigenvalue weighted by Gasteiger charge is 2.27. The minimum atomic E-state index is -4.08. The summed E-state index contributed by atoms with van der Waals surface area (Å²) in [5.74, 6) is -0.282. The van der Waals surface area contributed by atoms with Crippen LogP contribution in [0.5, 0.6) is 0 Å². The number of hydrogen-bond acceptors (Lipinski definition) is 2. The maximum Gasteiger partial charge on any atom is 0.389 e. The van der Waals surface area contributed by atoms with Crippen molar-refractivity contribution >= 4 is 5.97 Å². The largest absolute Gasteiger partial charge is 0.465 e. The van der Waals surface area contributed by atoms with Crippen molar-refractivity contribution in [2.24, 2.45) is 5.41 Å². The quantitative estimate of drug-likeness (QED) is 0.505. The van der Waals surface area contributed by atoms with Gasteiger partial charge in [0.05, 0.1) is 12.0 Å². The fraction of sp³-hybridized carbons (Fsp3) is 0.917. The van der Waals surface area contributed by atoms with E-state index in [2.05, 4.69) is 0 Å². The molecule has 0 aliphatic heterocycles. The van der Waals surface area contributed by atoms with Crippen LogP contribution in [0.4, 0.5) is 13.2 Å². The van der Waals surface area contributed by atoms with E-state index in [4.69, 9.17) is 4.74 Å². The van der Waals surface area contributed by atoms with Crippen LogP contribution in [-0.2, 0) is 9.53 Å². The van der Waals surface area contributed by atoms with Crippen molar-refractivity contribution in [3.05, 3.63) is 0 Å². The minimum absolute atomic E-state index is 0.0955. The van der Waals surface area contributed by atoms with Crippen LogP contribution < -0.4 is 0 Å². The molecule has 0 aliphatic carbocycles. The SMILES string of the molecule is CCC(C)(C)C(=O)OCCCCCC(F)(F)F. The molecule has 0 aromatic heterocycles. The van der Waals surface area contributed by atoms with Crippen LogP contribution in [-0.4, -0.2) is 18.8 Å². The first-order valence-corrected chi connectivity index (χ1v) is 5.93. The third kappa shape index (κ3) is 8.05. The summed E-state index contributed by atoms with van der Waals surface area (Å²) in [5.41, 5.74) is -0.508. The van der Waals surface area contributed by atoms with Gasteiger partial charge in [-0.05, 0) is 39.5 Å². The lowest BCUT2D eigenvalue weighted by molar-refractivity contribution is -0.154. The van der Waals surface area contributed by atoms with Crippen molar-refractivity contribution in [3.63, 3.8) is 0 Å². The molecule has 2 nitrogen and oxygen atoms in total. The fourth-order valence-corrected chi connectivity index (χ4v) is 1.11. The summed E-state index contributed by atoms with van der Waals surface area (Å²) in [4.78, 5) is 11.5. The molecule has 0 radical (unpaired) electrons. The smallest absolute Gasteiger partial charge is 0.389 e. The van der Waals surface area contributed by atoms with Gasteiger partial charge >= 0.3 is 12.1 Å². The molecule has 0 aromatic rings. The van der Waals surface area contributed by atoms with Gasteiger partial charge in [0.25, 0.3) is 0 Å². The van der Waals surface area contributed by atoms with E-state index < -0.39 is 18.0 Å². The number of carbonyl (C=O) groups is 1. The fourth-order valence-electron chi connectivity index (χ4n) is 1.11. The van der Waals surface area contributed by atoms with Crippen LogP contribution in [0.25, 0.3) is 0 Å². The molecule has 0 fully saturated rings. The number of halogens is 3. The van der Waals surface area contributed by atoms with Crippen LogP contribution in [0.2, 0.25) is 0 Å². The minimum Gasteiger partial charge on any atom is -0.465 e. The second kappa shape index (κ2) is 6.87. The number of carbonyl (C=O) groups excluding carboxylic acids is 1. The first-order chi connectivity index (χ1) is 7.69. The first-order valence-electron chi connectivity index (χ1n) is 5.93. The van der Waals surface area contributed by atoms with Gasteiger partial charge in [0, 0.05) is 6.42 Å². The molecule has 0 spiro atoms. The summed E-state index contributed by atoms with van der Waals surface area (Å²) in [6, 6.07) is 0. The van der Waals surface area contributed by atoms with Crippen LogP contribution in [0.1, 0.15) is 52.9 Å². The van der Waals surface area contributed by atoms with E-state index in [1.165, 1.54) is 0 Å². The molecule has 17 heavy (non-hydrogen) atoms. The number of rotatable bonds is 7. The summed E-state index contributed by atoms with van der Waals surface area (Å²) in [6.45, 7) is 5.68. The molecule has 0 bridgehead atoms. The Morgan fingerprint density at radius 2 is 1.71 bits per heavy atom. The molecule has 0 N–H and O–H groups in total. The first kappa shape index (κ1) is 16.3. The zero-order chi connectivity index (χ0) is 13.5. The Morgan fingerprint density at radius 1 is 1.12 bits per heavy atom. The molecule has 0 atom stereocenters. The van der Waals surface area contributed by atoms with Crippen molar-refractivity contribution < 1.29 is 22.7 Å². The summed E-state index contributed by atoms with van der Waals surface area (Å²) in [7, 11) is 0. The maximum absolute atomic E-state index is 11.8. The molecule has 0 saturated heterocycles. The molecule has 0 rings (SSSR count). The Morgan fingerprint density at radius 3 is 2.18 bits per heavy atom. The van der Waals surface area contributed by atoms with Gasteiger partial charge in [0.1, 0.15) is 0 Å². The third-order valence-electron chi connectivity index (χ3n) is 2.77. The van der Waals surface area contributed by atoms with Gasteiger partial charge in [-0.25, -0.2) is 0 Å². The molecule has 0 unspecified atom stereocenters. The lowest BCUT2D eigenvalue weighted by Gasteiger charge is -2.20. The summed E-state index contributed by atoms with van der Waals surface area (Å²) in [6.07, 6.45) is -3.15. The van der Waals surface area contributed by atoms with Crippen molar-refractivity contribution in [2.75, 3.05) is 6.61 Å². The number of esters is 1. The summed E-state index contributed by atoms with van der Waals surface area (Å²) in [5, 5.41) is 0. The van der Waals surface area contributed by atoms with Crippen LogP contribution in [0.15, 0.2) is 0 Å². The normalized spacial score (nSPS) is 12.6. The number of hydrogen-bond donors (Lipinski definition) is 0. The highest BCUT2D eigenvalue weighted by atomic mass is 19.4. The molecule has 102 valence electrons. The van der Waals surface area contributed by atoms with Crippen molar-refractivity contribution in [2.45, 2.75) is 59.1 Å². The van der Waals surface area contributed by atoms with E-state index in [1.54, 1.807) is 13.8 Å². The van der Waals surface area contributed by atoms with Crippen molar-refractivity contribution in [1.82, 2.24) is 0 Å². The molecular weight excluding hydrogens is 233 g/mol. The predicted molar refractivity (Wildman–Crippen MR) is 59.6 cm³/mol. The second-order valence-corrected chi connectivity index (χ2v) is 4.80. The molecule has 0 aromatic carbocycles. The van der Waals surface area contributed by atoms with Gasteiger partial charge < -0.3 is 4.74 Å². The zero-order valence-electron chi connectivity index (χ0n) is 10.7. The van der Waals surface area contributed by atoms with E-state index in [0.29, 0.717) is 19.3 Å². The Balaban J connectivity index is 3.56. The van der Waals surface area contributed by atoms with Crippen molar-refractivity contribution in [3.8, 4) is 0 Å². The zero-order valence-corrected chi connectivity index (χ0v) is 10.7. The predicted octanol–water partition coefficient (Wildman–Crippen LogP) is 4.09. The van der Waals surface area contributed by atoms with Crippen LogP contribution in [0.3, 0.4) is 0 Å². The van der Waals surface area contributed by atoms with E-state index in [-0.39, 0.29) is 19.0 Å². The van der Waals surface area contributed by atoms with Gasteiger partial charge in [-0.3, -0.25) is 4.79 Å². The lowest BCUT2D eigenvalue weighted by atomic mass is 9.91. The van der Waals surface area contributed by atoms with E-state index in [9.17, 15) is 18.0 Å². The van der Waals surface area contributed by atoms with Gasteiger partial charge in [-0.2, -0.15) is 13.2 Å². The number of unbranched alkanes of at least 4 members (excludes halogenated alkanes) is 2. The van der Waals surface area contributed by atoms with Gasteiger partial charge in [0.15, 0.2) is 0 Å². The molecule has 0 aliphatic rings. The lowest BCUT2D eigenvalue weighted by Crippen LogP contribution is -2.26. The summed E-state index contributed by atoms with van der Waals surface area (Å²) >= 11 is 0. The second-order valence-electron chi connectivity index (χ2n) is 4.80.